The Morgan fingerprint density at radius 2 is 1.86 bits per heavy atom. The lowest BCUT2D eigenvalue weighted by molar-refractivity contribution is 0.0923. The van der Waals surface area contributed by atoms with E-state index in [0.717, 1.165) is 12.8 Å². The molecule has 11 heteroatoms. The van der Waals surface area contributed by atoms with E-state index in [9.17, 15) is 9.59 Å². The Morgan fingerprint density at radius 1 is 1.14 bits per heavy atom. The molecule has 1 aliphatic heterocycles. The van der Waals surface area contributed by atoms with E-state index in [4.69, 9.17) is 5.73 Å². The minimum absolute atomic E-state index is 0.0240. The second-order valence-electron chi connectivity index (χ2n) is 10.2. The Hall–Kier alpha value is -4.02. The number of nitrogens with two attached hydrogens (primary N) is 1. The summed E-state index contributed by atoms with van der Waals surface area (Å²) in [4.78, 5) is 31.5. The predicted octanol–water partition coefficient (Wildman–Crippen LogP) is 2.53. The number of nitrogens with zero attached hydrogens (tertiary/aromatic N) is 6. The fourth-order valence-corrected chi connectivity index (χ4v) is 4.31. The molecule has 36 heavy (non-hydrogen) atoms. The van der Waals surface area contributed by atoms with Gasteiger partial charge >= 0.3 is 0 Å². The van der Waals surface area contributed by atoms with Gasteiger partial charge in [0.2, 0.25) is 5.95 Å². The zero-order chi connectivity index (χ0) is 26.0. The molecule has 1 aliphatic rings. The molecule has 2 atom stereocenters. The van der Waals surface area contributed by atoms with E-state index in [1.165, 1.54) is 5.56 Å². The average Bonchev–Trinajstić information content (AvgIpc) is 3.24. The van der Waals surface area contributed by atoms with Gasteiger partial charge in [-0.15, -0.1) is 10.2 Å². The second-order valence-corrected chi connectivity index (χ2v) is 10.2. The van der Waals surface area contributed by atoms with Crippen molar-refractivity contribution in [3.05, 3.63) is 53.5 Å². The summed E-state index contributed by atoms with van der Waals surface area (Å²) in [5.41, 5.74) is 7.90. The number of piperidine rings is 1. The minimum Gasteiger partial charge on any atom is -0.364 e. The lowest BCUT2D eigenvalue weighted by Gasteiger charge is -2.39. The summed E-state index contributed by atoms with van der Waals surface area (Å²) in [6.45, 7) is 9.14. The van der Waals surface area contributed by atoms with Crippen molar-refractivity contribution in [2.45, 2.75) is 58.0 Å². The van der Waals surface area contributed by atoms with Gasteiger partial charge in [0.05, 0.1) is 11.9 Å². The van der Waals surface area contributed by atoms with Crippen LogP contribution in [0.25, 0.3) is 0 Å². The summed E-state index contributed by atoms with van der Waals surface area (Å²) in [6, 6.07) is 7.54. The molecular formula is C25H33N9O2. The summed E-state index contributed by atoms with van der Waals surface area (Å²) < 4.78 is 1.62. The lowest BCUT2D eigenvalue weighted by atomic mass is 9.86. The molecule has 0 aliphatic carbocycles. The molecule has 190 valence electrons. The zero-order valence-corrected chi connectivity index (χ0v) is 21.3. The van der Waals surface area contributed by atoms with E-state index in [0.29, 0.717) is 23.7 Å². The van der Waals surface area contributed by atoms with Gasteiger partial charge in [0.25, 0.3) is 11.8 Å². The molecule has 0 bridgehead atoms. The van der Waals surface area contributed by atoms with Crippen LogP contribution in [0.1, 0.15) is 66.9 Å². The lowest BCUT2D eigenvalue weighted by Crippen LogP contribution is -2.54. The number of primary amides is 1. The second kappa shape index (κ2) is 9.92. The largest absolute Gasteiger partial charge is 0.364 e. The highest BCUT2D eigenvalue weighted by Gasteiger charge is 2.32. The van der Waals surface area contributed by atoms with E-state index in [-0.39, 0.29) is 34.9 Å². The maximum absolute atomic E-state index is 13.0. The summed E-state index contributed by atoms with van der Waals surface area (Å²) in [5, 5.41) is 18.6. The zero-order valence-electron chi connectivity index (χ0n) is 21.3. The van der Waals surface area contributed by atoms with Crippen molar-refractivity contribution in [3.8, 4) is 0 Å². The van der Waals surface area contributed by atoms with Crippen molar-refractivity contribution in [1.82, 2.24) is 30.3 Å². The maximum Gasteiger partial charge on any atom is 0.273 e. The van der Waals surface area contributed by atoms with E-state index < -0.39 is 5.91 Å². The molecule has 0 unspecified atom stereocenters. The standard InChI is InChI=1S/C25H33N9O2/c1-15-19(29-23(36)16-8-10-17(11-9-16)25(2,3)4)7-6-12-34(15)24-30-22(20(21(26)35)31-32-24)28-18-13-27-33(5)14-18/h8-11,13-15,19H,6-7,12H2,1-5H3,(H2,26,35)(H,29,36)(H,28,30,32)/t15-,19-/m1/s1. The van der Waals surface area contributed by atoms with E-state index in [1.54, 1.807) is 24.1 Å². The third-order valence-corrected chi connectivity index (χ3v) is 6.45. The number of aryl methyl sites for hydroxylation is 1. The number of carbonyl (C=O) groups is 2. The van der Waals surface area contributed by atoms with Gasteiger partial charge in [-0.2, -0.15) is 10.1 Å². The van der Waals surface area contributed by atoms with Gasteiger partial charge in [-0.3, -0.25) is 14.3 Å². The summed E-state index contributed by atoms with van der Waals surface area (Å²) in [7, 11) is 1.78. The monoisotopic (exact) mass is 491 g/mol. The summed E-state index contributed by atoms with van der Waals surface area (Å²) in [5.74, 6) is -0.288. The average molecular weight is 492 g/mol. The SMILES string of the molecule is C[C@@H]1[C@H](NC(=O)c2ccc(C(C)(C)C)cc2)CCCN1c1nnc(C(N)=O)c(Nc2cnn(C)c2)n1. The van der Waals surface area contributed by atoms with Crippen LogP contribution in [-0.4, -0.2) is 55.4 Å². The normalized spacial score (nSPS) is 18.1. The van der Waals surface area contributed by atoms with Crippen LogP contribution in [0.5, 0.6) is 0 Å². The molecule has 1 aromatic carbocycles. The maximum atomic E-state index is 13.0. The van der Waals surface area contributed by atoms with Gasteiger partial charge in [-0.25, -0.2) is 0 Å². The Kier molecular flexibility index (Phi) is 6.91. The van der Waals surface area contributed by atoms with Crippen molar-refractivity contribution in [2.24, 2.45) is 12.8 Å². The van der Waals surface area contributed by atoms with Crippen LogP contribution in [0.3, 0.4) is 0 Å². The smallest absolute Gasteiger partial charge is 0.273 e. The molecule has 4 rings (SSSR count). The number of rotatable bonds is 6. The number of benzene rings is 1. The van der Waals surface area contributed by atoms with Crippen molar-refractivity contribution in [2.75, 3.05) is 16.8 Å². The topological polar surface area (TPSA) is 144 Å². The third-order valence-electron chi connectivity index (χ3n) is 6.45. The highest BCUT2D eigenvalue weighted by Crippen LogP contribution is 2.26. The first kappa shape index (κ1) is 25.1. The number of aromatic nitrogens is 5. The van der Waals surface area contributed by atoms with Crippen molar-refractivity contribution >= 4 is 29.3 Å². The molecule has 2 aromatic heterocycles. The van der Waals surface area contributed by atoms with Crippen LogP contribution in [0.4, 0.5) is 17.5 Å². The van der Waals surface area contributed by atoms with Crippen LogP contribution in [0, 0.1) is 0 Å². The number of nitrogens with one attached hydrogen (secondary N) is 2. The molecule has 3 heterocycles. The van der Waals surface area contributed by atoms with Crippen molar-refractivity contribution in [3.63, 3.8) is 0 Å². The molecule has 2 amide bonds. The van der Waals surface area contributed by atoms with E-state index in [1.807, 2.05) is 36.1 Å². The molecule has 4 N–H and O–H groups in total. The Bertz CT molecular complexity index is 1250. The van der Waals surface area contributed by atoms with Gasteiger partial charge < -0.3 is 21.3 Å². The fraction of sp³-hybridized carbons (Fsp3) is 0.440. The van der Waals surface area contributed by atoms with Crippen molar-refractivity contribution in [1.29, 1.82) is 0 Å². The third kappa shape index (κ3) is 5.45. The molecule has 11 nitrogen and oxygen atoms in total. The van der Waals surface area contributed by atoms with Gasteiger partial charge in [0, 0.05) is 37.4 Å². The molecule has 1 fully saturated rings. The molecule has 1 saturated heterocycles. The van der Waals surface area contributed by atoms with Crippen LogP contribution in [0.2, 0.25) is 0 Å². The van der Waals surface area contributed by atoms with Crippen LogP contribution in [-0.2, 0) is 12.5 Å². The first-order chi connectivity index (χ1) is 17.0. The minimum atomic E-state index is -0.734. The Labute approximate surface area is 210 Å². The first-order valence-corrected chi connectivity index (χ1v) is 12.0. The van der Waals surface area contributed by atoms with Crippen LogP contribution < -0.4 is 21.3 Å². The Morgan fingerprint density at radius 3 is 2.47 bits per heavy atom. The number of amides is 2. The van der Waals surface area contributed by atoms with Gasteiger partial charge in [-0.1, -0.05) is 32.9 Å². The highest BCUT2D eigenvalue weighted by atomic mass is 16.2. The van der Waals surface area contributed by atoms with Crippen LogP contribution >= 0.6 is 0 Å². The molecule has 0 spiro atoms. The van der Waals surface area contributed by atoms with Crippen LogP contribution in [0.15, 0.2) is 36.7 Å². The quantitative estimate of drug-likeness (QED) is 0.477. The molecule has 0 radical (unpaired) electrons. The molecule has 0 saturated carbocycles. The van der Waals surface area contributed by atoms with Gasteiger partial charge in [0.1, 0.15) is 0 Å². The fourth-order valence-electron chi connectivity index (χ4n) is 4.31. The first-order valence-electron chi connectivity index (χ1n) is 12.0. The molecular weight excluding hydrogens is 458 g/mol. The van der Waals surface area contributed by atoms with Gasteiger partial charge in [0.15, 0.2) is 11.5 Å². The molecule has 3 aromatic rings. The Balaban J connectivity index is 1.51. The summed E-state index contributed by atoms with van der Waals surface area (Å²) >= 11 is 0. The van der Waals surface area contributed by atoms with Crippen molar-refractivity contribution < 1.29 is 9.59 Å². The van der Waals surface area contributed by atoms with E-state index >= 15 is 0 Å². The van der Waals surface area contributed by atoms with E-state index in [2.05, 4.69) is 51.7 Å². The number of hydrogen-bond acceptors (Lipinski definition) is 8. The highest BCUT2D eigenvalue weighted by molar-refractivity contribution is 5.96. The summed E-state index contributed by atoms with van der Waals surface area (Å²) in [6.07, 6.45) is 5.02. The number of anilines is 3. The predicted molar refractivity (Wildman–Crippen MR) is 137 cm³/mol. The number of hydrogen-bond donors (Lipinski definition) is 3. The van der Waals surface area contributed by atoms with Gasteiger partial charge in [-0.05, 0) is 42.9 Å². The number of carbonyl (C=O) groups excluding carboxylic acids is 2.